The molecule has 1 aromatic heterocycles. The van der Waals surface area contributed by atoms with Gasteiger partial charge in [0, 0.05) is 16.5 Å². The van der Waals surface area contributed by atoms with Crippen molar-refractivity contribution in [2.24, 2.45) is 0 Å². The van der Waals surface area contributed by atoms with Crippen molar-refractivity contribution in [3.05, 3.63) is 44.7 Å². The Balaban J connectivity index is 3.01. The van der Waals surface area contributed by atoms with E-state index in [1.165, 1.54) is 0 Å². The average molecular weight is 208 g/mol. The molecule has 0 aliphatic rings. The van der Waals surface area contributed by atoms with Crippen LogP contribution in [0.3, 0.4) is 0 Å². The van der Waals surface area contributed by atoms with E-state index in [9.17, 15) is 4.79 Å². The highest BCUT2D eigenvalue weighted by molar-refractivity contribution is 6.31. The molecule has 2 aromatic rings. The van der Waals surface area contributed by atoms with Crippen LogP contribution < -0.4 is 5.56 Å². The molecule has 0 aliphatic carbocycles. The fourth-order valence-electron chi connectivity index (χ4n) is 1.65. The Morgan fingerprint density at radius 1 is 1.14 bits per heavy atom. The number of aryl methyl sites for hydroxylation is 2. The van der Waals surface area contributed by atoms with E-state index in [0.717, 1.165) is 22.0 Å². The lowest BCUT2D eigenvalue weighted by Crippen LogP contribution is -2.05. The molecule has 0 unspecified atom stereocenters. The van der Waals surface area contributed by atoms with E-state index < -0.39 is 0 Å². The summed E-state index contributed by atoms with van der Waals surface area (Å²) < 4.78 is 0. The maximum absolute atomic E-state index is 11.3. The van der Waals surface area contributed by atoms with E-state index in [2.05, 4.69) is 4.98 Å². The zero-order chi connectivity index (χ0) is 10.3. The molecule has 0 amide bonds. The van der Waals surface area contributed by atoms with Crippen molar-refractivity contribution >= 4 is 22.5 Å². The van der Waals surface area contributed by atoms with Crippen molar-refractivity contribution in [1.29, 1.82) is 0 Å². The van der Waals surface area contributed by atoms with Gasteiger partial charge in [-0.25, -0.2) is 0 Å². The molecule has 3 heteroatoms. The maximum Gasteiger partial charge on any atom is 0.248 e. The summed E-state index contributed by atoms with van der Waals surface area (Å²) in [6, 6.07) is 5.30. The van der Waals surface area contributed by atoms with Gasteiger partial charge in [0.15, 0.2) is 0 Å². The van der Waals surface area contributed by atoms with Crippen LogP contribution in [0.25, 0.3) is 10.9 Å². The molecule has 0 saturated heterocycles. The van der Waals surface area contributed by atoms with Crippen molar-refractivity contribution in [2.75, 3.05) is 0 Å². The van der Waals surface area contributed by atoms with Gasteiger partial charge in [-0.3, -0.25) is 4.79 Å². The second kappa shape index (κ2) is 3.14. The van der Waals surface area contributed by atoms with Gasteiger partial charge in [-0.1, -0.05) is 11.6 Å². The first-order valence-electron chi connectivity index (χ1n) is 4.38. The Labute approximate surface area is 86.5 Å². The molecule has 2 rings (SSSR count). The number of rotatable bonds is 0. The van der Waals surface area contributed by atoms with E-state index in [1.54, 1.807) is 6.07 Å². The van der Waals surface area contributed by atoms with E-state index in [0.29, 0.717) is 5.02 Å². The Bertz CT molecular complexity index is 557. The van der Waals surface area contributed by atoms with Crippen molar-refractivity contribution < 1.29 is 0 Å². The van der Waals surface area contributed by atoms with Crippen LogP contribution in [0.1, 0.15) is 11.1 Å². The number of nitrogens with one attached hydrogen (secondary N) is 1. The van der Waals surface area contributed by atoms with Crippen molar-refractivity contribution in [2.45, 2.75) is 13.8 Å². The Morgan fingerprint density at radius 3 is 2.57 bits per heavy atom. The summed E-state index contributed by atoms with van der Waals surface area (Å²) in [4.78, 5) is 14.1. The minimum Gasteiger partial charge on any atom is -0.322 e. The second-order valence-electron chi connectivity index (χ2n) is 3.46. The number of benzene rings is 1. The first-order chi connectivity index (χ1) is 6.58. The number of aromatic nitrogens is 1. The molecule has 0 fully saturated rings. The van der Waals surface area contributed by atoms with Gasteiger partial charge in [-0.2, -0.15) is 0 Å². The minimum absolute atomic E-state index is 0.0691. The fraction of sp³-hybridized carbons (Fsp3) is 0.182. The van der Waals surface area contributed by atoms with Crippen LogP contribution in [-0.4, -0.2) is 4.98 Å². The molecule has 72 valence electrons. The molecule has 1 aromatic carbocycles. The molecular formula is C11H10ClNO. The number of H-pyrrole nitrogens is 1. The number of fused-ring (bicyclic) bond motifs is 1. The van der Waals surface area contributed by atoms with Gasteiger partial charge in [0.1, 0.15) is 0 Å². The Morgan fingerprint density at radius 2 is 1.86 bits per heavy atom. The van der Waals surface area contributed by atoms with Gasteiger partial charge in [-0.15, -0.1) is 0 Å². The molecule has 0 spiro atoms. The summed E-state index contributed by atoms with van der Waals surface area (Å²) in [5.41, 5.74) is 2.75. The molecule has 0 saturated carbocycles. The molecule has 2 nitrogen and oxygen atoms in total. The van der Waals surface area contributed by atoms with Crippen molar-refractivity contribution in [3.8, 4) is 0 Å². The summed E-state index contributed by atoms with van der Waals surface area (Å²) in [6.07, 6.45) is 0. The molecule has 0 aliphatic heterocycles. The van der Waals surface area contributed by atoms with Gasteiger partial charge >= 0.3 is 0 Å². The quantitative estimate of drug-likeness (QED) is 0.708. The highest BCUT2D eigenvalue weighted by Gasteiger charge is 2.03. The molecule has 14 heavy (non-hydrogen) atoms. The average Bonchev–Trinajstić information content (AvgIpc) is 2.07. The fourth-order valence-corrected chi connectivity index (χ4v) is 1.93. The van der Waals surface area contributed by atoms with E-state index in [4.69, 9.17) is 11.6 Å². The molecule has 1 heterocycles. The van der Waals surface area contributed by atoms with E-state index >= 15 is 0 Å². The third-order valence-electron chi connectivity index (χ3n) is 2.32. The van der Waals surface area contributed by atoms with Gasteiger partial charge in [0.05, 0.1) is 5.52 Å². The van der Waals surface area contributed by atoms with Gasteiger partial charge in [0.2, 0.25) is 5.56 Å². The van der Waals surface area contributed by atoms with Crippen molar-refractivity contribution in [3.63, 3.8) is 0 Å². The van der Waals surface area contributed by atoms with Crippen LogP contribution in [-0.2, 0) is 0 Å². The Kier molecular flexibility index (Phi) is 2.08. The zero-order valence-electron chi connectivity index (χ0n) is 8.02. The predicted molar refractivity (Wildman–Crippen MR) is 59.1 cm³/mol. The highest BCUT2D eigenvalue weighted by Crippen LogP contribution is 2.22. The number of aromatic amines is 1. The molecule has 0 radical (unpaired) electrons. The largest absolute Gasteiger partial charge is 0.322 e. The SMILES string of the molecule is Cc1cc(=O)[nH]c2c(C)cc(Cl)cc12. The second-order valence-corrected chi connectivity index (χ2v) is 3.90. The van der Waals surface area contributed by atoms with Gasteiger partial charge < -0.3 is 4.98 Å². The first-order valence-corrected chi connectivity index (χ1v) is 4.75. The standard InChI is InChI=1S/C11H10ClNO/c1-6-4-10(14)13-11-7(2)3-8(12)5-9(6)11/h3-5H,1-2H3,(H,13,14). The van der Waals surface area contributed by atoms with Crippen LogP contribution in [0.2, 0.25) is 5.02 Å². The predicted octanol–water partition coefficient (Wildman–Crippen LogP) is 2.80. The maximum atomic E-state index is 11.3. The molecule has 0 atom stereocenters. The van der Waals surface area contributed by atoms with Crippen LogP contribution in [0, 0.1) is 13.8 Å². The van der Waals surface area contributed by atoms with Gasteiger partial charge in [-0.05, 0) is 37.1 Å². The van der Waals surface area contributed by atoms with Crippen LogP contribution in [0.15, 0.2) is 23.0 Å². The number of hydrogen-bond donors (Lipinski definition) is 1. The number of pyridine rings is 1. The molecular weight excluding hydrogens is 198 g/mol. The zero-order valence-corrected chi connectivity index (χ0v) is 8.77. The number of hydrogen-bond acceptors (Lipinski definition) is 1. The van der Waals surface area contributed by atoms with Crippen LogP contribution in [0.4, 0.5) is 0 Å². The Hall–Kier alpha value is -1.28. The van der Waals surface area contributed by atoms with Crippen LogP contribution >= 0.6 is 11.6 Å². The van der Waals surface area contributed by atoms with Gasteiger partial charge in [0.25, 0.3) is 0 Å². The molecule has 1 N–H and O–H groups in total. The summed E-state index contributed by atoms with van der Waals surface area (Å²) in [6.45, 7) is 3.84. The topological polar surface area (TPSA) is 32.9 Å². The highest BCUT2D eigenvalue weighted by atomic mass is 35.5. The number of halogens is 1. The third-order valence-corrected chi connectivity index (χ3v) is 2.54. The first kappa shape index (κ1) is 9.28. The van der Waals surface area contributed by atoms with Crippen molar-refractivity contribution in [1.82, 2.24) is 4.98 Å². The lowest BCUT2D eigenvalue weighted by atomic mass is 10.1. The lowest BCUT2D eigenvalue weighted by Gasteiger charge is -2.05. The van der Waals surface area contributed by atoms with Crippen LogP contribution in [0.5, 0.6) is 0 Å². The summed E-state index contributed by atoms with van der Waals surface area (Å²) in [5.74, 6) is 0. The lowest BCUT2D eigenvalue weighted by molar-refractivity contribution is 1.26. The summed E-state index contributed by atoms with van der Waals surface area (Å²) >= 11 is 5.94. The van der Waals surface area contributed by atoms with E-state index in [1.807, 2.05) is 26.0 Å². The molecule has 0 bridgehead atoms. The normalized spacial score (nSPS) is 10.8. The smallest absolute Gasteiger partial charge is 0.248 e. The van der Waals surface area contributed by atoms with E-state index in [-0.39, 0.29) is 5.56 Å². The summed E-state index contributed by atoms with van der Waals surface area (Å²) in [7, 11) is 0. The summed E-state index contributed by atoms with van der Waals surface area (Å²) in [5, 5.41) is 1.71. The third kappa shape index (κ3) is 1.42. The minimum atomic E-state index is -0.0691. The monoisotopic (exact) mass is 207 g/mol.